The molecule has 2 amide bonds. The van der Waals surface area contributed by atoms with E-state index in [9.17, 15) is 9.59 Å². The molecule has 0 saturated heterocycles. The first kappa shape index (κ1) is 21.5. The molecular weight excluding hydrogens is 385 g/mol. The minimum atomic E-state index is -0.322. The third-order valence-electron chi connectivity index (χ3n) is 4.58. The van der Waals surface area contributed by atoms with E-state index in [1.54, 1.807) is 18.2 Å². The molecule has 3 N–H and O–H groups in total. The molecule has 5 nitrogen and oxygen atoms in total. The highest BCUT2D eigenvalue weighted by molar-refractivity contribution is 6.42. The van der Waals surface area contributed by atoms with E-state index >= 15 is 0 Å². The lowest BCUT2D eigenvalue weighted by molar-refractivity contribution is -0.133. The molecule has 0 heterocycles. The molecule has 0 radical (unpaired) electrons. The lowest BCUT2D eigenvalue weighted by atomic mass is 9.92. The summed E-state index contributed by atoms with van der Waals surface area (Å²) in [5, 5.41) is 3.70. The highest BCUT2D eigenvalue weighted by atomic mass is 35.5. The monoisotopic (exact) mass is 409 g/mol. The van der Waals surface area contributed by atoms with Gasteiger partial charge in [-0.15, -0.1) is 0 Å². The molecule has 27 heavy (non-hydrogen) atoms. The number of nitrogens with zero attached hydrogens (tertiary/aromatic N) is 1. The van der Waals surface area contributed by atoms with Gasteiger partial charge in [-0.05, 0) is 43.9 Å². The van der Waals surface area contributed by atoms with Crippen molar-refractivity contribution in [2.75, 3.05) is 13.2 Å². The number of nitrogens with two attached hydrogens (primary N) is 1. The molecule has 1 aromatic rings. The van der Waals surface area contributed by atoms with Crippen molar-refractivity contribution in [3.63, 3.8) is 0 Å². The largest absolute Gasteiger partial charge is 0.335 e. The molecule has 2 atom stereocenters. The average Bonchev–Trinajstić information content (AvgIpc) is 2.62. The fraction of sp³-hybridized carbons (Fsp3) is 0.400. The van der Waals surface area contributed by atoms with Crippen molar-refractivity contribution < 1.29 is 9.59 Å². The minimum Gasteiger partial charge on any atom is -0.335 e. The van der Waals surface area contributed by atoms with Crippen LogP contribution >= 0.6 is 23.2 Å². The number of halogens is 2. The van der Waals surface area contributed by atoms with Crippen LogP contribution in [0.1, 0.15) is 38.8 Å². The third kappa shape index (κ3) is 5.58. The van der Waals surface area contributed by atoms with Gasteiger partial charge in [0.25, 0.3) is 0 Å². The molecule has 0 bridgehead atoms. The Morgan fingerprint density at radius 3 is 2.63 bits per heavy atom. The van der Waals surface area contributed by atoms with Crippen LogP contribution in [0.4, 0.5) is 0 Å². The van der Waals surface area contributed by atoms with Gasteiger partial charge in [-0.3, -0.25) is 9.59 Å². The summed E-state index contributed by atoms with van der Waals surface area (Å²) in [5.41, 5.74) is 8.15. The maximum absolute atomic E-state index is 12.5. The van der Waals surface area contributed by atoms with Gasteiger partial charge in [0, 0.05) is 5.57 Å². The Balaban J connectivity index is 2.12. The van der Waals surface area contributed by atoms with Gasteiger partial charge in [-0.25, -0.2) is 0 Å². The zero-order valence-corrected chi connectivity index (χ0v) is 17.3. The molecule has 1 aliphatic rings. The summed E-state index contributed by atoms with van der Waals surface area (Å²) < 4.78 is 0. The highest BCUT2D eigenvalue weighted by Gasteiger charge is 2.23. The molecular formula is C20H25Cl2N3O2. The van der Waals surface area contributed by atoms with Crippen molar-refractivity contribution in [2.45, 2.75) is 33.2 Å². The van der Waals surface area contributed by atoms with E-state index in [0.29, 0.717) is 28.0 Å². The summed E-state index contributed by atoms with van der Waals surface area (Å²) in [7, 11) is 0. The molecule has 0 aliphatic heterocycles. The highest BCUT2D eigenvalue weighted by Crippen LogP contribution is 2.28. The van der Waals surface area contributed by atoms with Gasteiger partial charge < -0.3 is 16.0 Å². The Hall–Kier alpha value is -1.82. The molecule has 146 valence electrons. The van der Waals surface area contributed by atoms with E-state index < -0.39 is 0 Å². The summed E-state index contributed by atoms with van der Waals surface area (Å²) in [6.45, 7) is 5.81. The van der Waals surface area contributed by atoms with Crippen LogP contribution in [0, 0.1) is 5.92 Å². The number of rotatable bonds is 6. The Labute approximate surface area is 170 Å². The van der Waals surface area contributed by atoms with E-state index in [0.717, 1.165) is 11.1 Å². The van der Waals surface area contributed by atoms with E-state index in [-0.39, 0.29) is 31.1 Å². The third-order valence-corrected chi connectivity index (χ3v) is 5.32. The summed E-state index contributed by atoms with van der Waals surface area (Å²) in [6, 6.07) is 4.88. The smallest absolute Gasteiger partial charge is 0.248 e. The Bertz CT molecular complexity index is 789. The zero-order valence-electron chi connectivity index (χ0n) is 15.8. The lowest BCUT2D eigenvalue weighted by Gasteiger charge is -2.30. The van der Waals surface area contributed by atoms with E-state index in [4.69, 9.17) is 28.9 Å². The fourth-order valence-corrected chi connectivity index (χ4v) is 3.48. The molecule has 7 heteroatoms. The Morgan fingerprint density at radius 2 is 2.04 bits per heavy atom. The van der Waals surface area contributed by atoms with Crippen LogP contribution < -0.4 is 11.1 Å². The number of benzene rings is 1. The average molecular weight is 410 g/mol. The van der Waals surface area contributed by atoms with Crippen molar-refractivity contribution in [3.8, 4) is 0 Å². The number of allylic oxidation sites excluding steroid dienone is 3. The molecule has 0 saturated carbocycles. The van der Waals surface area contributed by atoms with E-state index in [2.05, 4.69) is 18.3 Å². The second-order valence-electron chi connectivity index (χ2n) is 6.84. The topological polar surface area (TPSA) is 75.4 Å². The van der Waals surface area contributed by atoms with Crippen LogP contribution in [0.3, 0.4) is 0 Å². The van der Waals surface area contributed by atoms with Crippen LogP contribution in [0.15, 0.2) is 41.5 Å². The number of hydrogen-bond acceptors (Lipinski definition) is 3. The van der Waals surface area contributed by atoms with Crippen LogP contribution in [-0.2, 0) is 9.59 Å². The van der Waals surface area contributed by atoms with Gasteiger partial charge in [-0.2, -0.15) is 0 Å². The van der Waals surface area contributed by atoms with Crippen molar-refractivity contribution in [3.05, 3.63) is 57.1 Å². The van der Waals surface area contributed by atoms with E-state index in [1.165, 1.54) is 4.90 Å². The zero-order chi connectivity index (χ0) is 20.1. The van der Waals surface area contributed by atoms with Crippen molar-refractivity contribution in [1.29, 1.82) is 0 Å². The molecule has 1 aliphatic carbocycles. The molecule has 2 unspecified atom stereocenters. The normalized spacial score (nSPS) is 17.6. The number of hydrogen-bond donors (Lipinski definition) is 2. The maximum atomic E-state index is 12.5. The van der Waals surface area contributed by atoms with Gasteiger partial charge >= 0.3 is 0 Å². The first-order valence-corrected chi connectivity index (χ1v) is 9.60. The van der Waals surface area contributed by atoms with Crippen LogP contribution in [-0.4, -0.2) is 29.9 Å². The number of amides is 2. The predicted octanol–water partition coefficient (Wildman–Crippen LogP) is 3.83. The van der Waals surface area contributed by atoms with Crippen molar-refractivity contribution in [1.82, 2.24) is 10.2 Å². The van der Waals surface area contributed by atoms with Gasteiger partial charge in [0.15, 0.2) is 0 Å². The quantitative estimate of drug-likeness (QED) is 0.700. The first-order chi connectivity index (χ1) is 12.7. The van der Waals surface area contributed by atoms with Gasteiger partial charge in [0.1, 0.15) is 0 Å². The predicted molar refractivity (Wildman–Crippen MR) is 109 cm³/mol. The fourth-order valence-electron chi connectivity index (χ4n) is 3.18. The molecule has 2 rings (SSSR count). The molecule has 1 aromatic carbocycles. The maximum Gasteiger partial charge on any atom is 0.248 e. The Kier molecular flexibility index (Phi) is 7.48. The van der Waals surface area contributed by atoms with Crippen LogP contribution in [0.2, 0.25) is 10.0 Å². The van der Waals surface area contributed by atoms with Crippen molar-refractivity contribution in [2.24, 2.45) is 11.7 Å². The molecule has 0 aromatic heterocycles. The second-order valence-corrected chi connectivity index (χ2v) is 7.66. The number of carbonyl (C=O) groups is 2. The first-order valence-electron chi connectivity index (χ1n) is 8.84. The van der Waals surface area contributed by atoms with Gasteiger partial charge in [0.05, 0.1) is 29.3 Å². The standard InChI is InChI=1S/C20H25Cl2N3O2/c1-12-6-13(2)8-16(7-12)20(27)24-11-25(19(26)10-23)14(3)15-4-5-17(21)18(22)9-15/h4-7,9,13-14H,8,10-11,23H2,1-3H3,(H,24,27). The van der Waals surface area contributed by atoms with Gasteiger partial charge in [-0.1, -0.05) is 53.9 Å². The lowest BCUT2D eigenvalue weighted by Crippen LogP contribution is -2.45. The van der Waals surface area contributed by atoms with Gasteiger partial charge in [0.2, 0.25) is 11.8 Å². The summed E-state index contributed by atoms with van der Waals surface area (Å²) in [5.74, 6) is -0.130. The molecule has 0 spiro atoms. The number of nitrogens with one attached hydrogen (secondary N) is 1. The summed E-state index contributed by atoms with van der Waals surface area (Å²) in [4.78, 5) is 26.4. The minimum absolute atomic E-state index is 0.0603. The van der Waals surface area contributed by atoms with Crippen molar-refractivity contribution >= 4 is 35.0 Å². The number of carbonyl (C=O) groups excluding carboxylic acids is 2. The van der Waals surface area contributed by atoms with E-state index in [1.807, 2.05) is 19.9 Å². The Morgan fingerprint density at radius 1 is 1.33 bits per heavy atom. The summed E-state index contributed by atoms with van der Waals surface area (Å²) in [6.07, 6.45) is 4.69. The van der Waals surface area contributed by atoms with Crippen LogP contribution in [0.5, 0.6) is 0 Å². The van der Waals surface area contributed by atoms with Crippen LogP contribution in [0.25, 0.3) is 0 Å². The molecule has 0 fully saturated rings. The summed E-state index contributed by atoms with van der Waals surface area (Å²) >= 11 is 12.1. The SMILES string of the molecule is CC1=CC(C)CC(C(=O)NCN(C(=O)CN)C(C)c2ccc(Cl)c(Cl)c2)=C1. The second kappa shape index (κ2) is 9.40.